The number of hydrogen-bond donors (Lipinski definition) is 0. The van der Waals surface area contributed by atoms with Gasteiger partial charge in [-0.25, -0.2) is 13.2 Å². The van der Waals surface area contributed by atoms with E-state index in [4.69, 9.17) is 0 Å². The standard InChI is InChI=1S/C23H19F3/c1-16(19-5-3-2-4-6-19)13-18-14-22(25)21(23(26)15-18)12-9-17-7-10-20(24)11-8-17/h2-12,14-16H,13H2,1H3/t16-/m1/s1. The summed E-state index contributed by atoms with van der Waals surface area (Å²) in [5.74, 6) is -1.38. The van der Waals surface area contributed by atoms with Crippen molar-refractivity contribution in [3.8, 4) is 0 Å². The minimum atomic E-state index is -0.598. The fraction of sp³-hybridized carbons (Fsp3) is 0.130. The van der Waals surface area contributed by atoms with Crippen molar-refractivity contribution < 1.29 is 13.2 Å². The summed E-state index contributed by atoms with van der Waals surface area (Å²) >= 11 is 0. The van der Waals surface area contributed by atoms with Crippen LogP contribution in [0, 0.1) is 17.5 Å². The number of rotatable bonds is 5. The van der Waals surface area contributed by atoms with Crippen molar-refractivity contribution in [1.82, 2.24) is 0 Å². The van der Waals surface area contributed by atoms with Gasteiger partial charge in [-0.3, -0.25) is 0 Å². The molecule has 0 saturated heterocycles. The van der Waals surface area contributed by atoms with Crippen LogP contribution in [0.4, 0.5) is 13.2 Å². The van der Waals surface area contributed by atoms with E-state index in [1.807, 2.05) is 37.3 Å². The minimum absolute atomic E-state index is 0.0922. The molecule has 3 heteroatoms. The van der Waals surface area contributed by atoms with Gasteiger partial charge in [-0.1, -0.05) is 55.5 Å². The second kappa shape index (κ2) is 8.05. The first-order chi connectivity index (χ1) is 12.5. The Morgan fingerprint density at radius 1 is 0.808 bits per heavy atom. The Balaban J connectivity index is 1.78. The summed E-state index contributed by atoms with van der Waals surface area (Å²) in [6.07, 6.45) is 3.50. The minimum Gasteiger partial charge on any atom is -0.207 e. The monoisotopic (exact) mass is 352 g/mol. The topological polar surface area (TPSA) is 0 Å². The van der Waals surface area contributed by atoms with Crippen LogP contribution >= 0.6 is 0 Å². The zero-order valence-corrected chi connectivity index (χ0v) is 14.4. The molecule has 0 radical (unpaired) electrons. The highest BCUT2D eigenvalue weighted by molar-refractivity contribution is 5.70. The van der Waals surface area contributed by atoms with Gasteiger partial charge in [-0.2, -0.15) is 0 Å². The van der Waals surface area contributed by atoms with Gasteiger partial charge in [0, 0.05) is 5.56 Å². The molecule has 0 aliphatic heterocycles. The lowest BCUT2D eigenvalue weighted by molar-refractivity contribution is 0.573. The summed E-state index contributed by atoms with van der Waals surface area (Å²) in [6.45, 7) is 2.04. The van der Waals surface area contributed by atoms with Crippen LogP contribution in [0.1, 0.15) is 35.1 Å². The molecule has 1 atom stereocenters. The first kappa shape index (κ1) is 18.0. The van der Waals surface area contributed by atoms with E-state index in [9.17, 15) is 13.2 Å². The average molecular weight is 352 g/mol. The van der Waals surface area contributed by atoms with Gasteiger partial charge in [0.05, 0.1) is 0 Å². The Bertz CT molecular complexity index is 873. The van der Waals surface area contributed by atoms with Crippen molar-refractivity contribution in [2.75, 3.05) is 0 Å². The molecule has 0 aliphatic carbocycles. The quantitative estimate of drug-likeness (QED) is 0.453. The Morgan fingerprint density at radius 3 is 2.04 bits per heavy atom. The van der Waals surface area contributed by atoms with Crippen LogP contribution in [0.3, 0.4) is 0 Å². The van der Waals surface area contributed by atoms with Gasteiger partial charge in [0.15, 0.2) is 0 Å². The second-order valence-electron chi connectivity index (χ2n) is 6.37. The molecule has 3 aromatic carbocycles. The van der Waals surface area contributed by atoms with Crippen LogP contribution in [0.15, 0.2) is 66.7 Å². The Hall–Kier alpha value is -2.81. The predicted molar refractivity (Wildman–Crippen MR) is 100 cm³/mol. The molecular formula is C23H19F3. The van der Waals surface area contributed by atoms with Gasteiger partial charge in [0.1, 0.15) is 17.5 Å². The molecule has 0 saturated carbocycles. The number of benzene rings is 3. The van der Waals surface area contributed by atoms with E-state index in [1.165, 1.54) is 30.3 Å². The summed E-state index contributed by atoms with van der Waals surface area (Å²) in [4.78, 5) is 0. The Kier molecular flexibility index (Phi) is 5.57. The maximum Gasteiger partial charge on any atom is 0.133 e. The molecular weight excluding hydrogens is 333 g/mol. The van der Waals surface area contributed by atoms with Crippen molar-refractivity contribution >= 4 is 12.2 Å². The fourth-order valence-corrected chi connectivity index (χ4v) is 2.92. The molecule has 0 heterocycles. The highest BCUT2D eigenvalue weighted by Crippen LogP contribution is 2.24. The highest BCUT2D eigenvalue weighted by Gasteiger charge is 2.12. The van der Waals surface area contributed by atoms with Crippen LogP contribution in [0.5, 0.6) is 0 Å². The first-order valence-corrected chi connectivity index (χ1v) is 8.49. The molecule has 0 spiro atoms. The maximum atomic E-state index is 14.4. The normalized spacial score (nSPS) is 12.5. The third-order valence-corrected chi connectivity index (χ3v) is 4.36. The summed E-state index contributed by atoms with van der Waals surface area (Å²) in [7, 11) is 0. The third-order valence-electron chi connectivity index (χ3n) is 4.36. The molecule has 0 amide bonds. The summed E-state index contributed by atoms with van der Waals surface area (Å²) in [5.41, 5.74) is 2.33. The van der Waals surface area contributed by atoms with E-state index in [0.29, 0.717) is 17.5 Å². The van der Waals surface area contributed by atoms with Gasteiger partial charge in [0.2, 0.25) is 0 Å². The molecule has 3 aromatic rings. The molecule has 0 bridgehead atoms. The van der Waals surface area contributed by atoms with Gasteiger partial charge >= 0.3 is 0 Å². The van der Waals surface area contributed by atoms with Crippen molar-refractivity contribution in [2.45, 2.75) is 19.3 Å². The Morgan fingerprint density at radius 2 is 1.42 bits per heavy atom. The van der Waals surface area contributed by atoms with E-state index in [0.717, 1.165) is 5.56 Å². The highest BCUT2D eigenvalue weighted by atomic mass is 19.1. The molecule has 0 N–H and O–H groups in total. The predicted octanol–water partition coefficient (Wildman–Crippen LogP) is 6.62. The number of hydrogen-bond acceptors (Lipinski definition) is 0. The Labute approximate surface area is 151 Å². The van der Waals surface area contributed by atoms with Gasteiger partial charge in [0.25, 0.3) is 0 Å². The largest absolute Gasteiger partial charge is 0.207 e. The summed E-state index contributed by atoms with van der Waals surface area (Å²) in [5, 5.41) is 0. The molecule has 0 aliphatic rings. The molecule has 132 valence electrons. The SMILES string of the molecule is C[C@H](Cc1cc(F)c(C=Cc2ccc(F)cc2)c(F)c1)c1ccccc1. The smallest absolute Gasteiger partial charge is 0.133 e. The molecule has 0 unspecified atom stereocenters. The summed E-state index contributed by atoms with van der Waals surface area (Å²) < 4.78 is 41.7. The van der Waals surface area contributed by atoms with Crippen molar-refractivity contribution in [2.24, 2.45) is 0 Å². The van der Waals surface area contributed by atoms with Crippen LogP contribution in [0.25, 0.3) is 12.2 Å². The lowest BCUT2D eigenvalue weighted by atomic mass is 9.93. The van der Waals surface area contributed by atoms with E-state index >= 15 is 0 Å². The molecule has 0 fully saturated rings. The summed E-state index contributed by atoms with van der Waals surface area (Å²) in [6, 6.07) is 18.4. The number of halogens is 3. The zero-order chi connectivity index (χ0) is 18.5. The second-order valence-corrected chi connectivity index (χ2v) is 6.37. The molecule has 0 aromatic heterocycles. The van der Waals surface area contributed by atoms with E-state index in [1.54, 1.807) is 18.2 Å². The van der Waals surface area contributed by atoms with Crippen molar-refractivity contribution in [3.05, 3.63) is 106 Å². The van der Waals surface area contributed by atoms with E-state index < -0.39 is 11.6 Å². The molecule has 26 heavy (non-hydrogen) atoms. The van der Waals surface area contributed by atoms with Gasteiger partial charge < -0.3 is 0 Å². The molecule has 3 rings (SSSR count). The first-order valence-electron chi connectivity index (χ1n) is 8.49. The van der Waals surface area contributed by atoms with Gasteiger partial charge in [-0.15, -0.1) is 0 Å². The van der Waals surface area contributed by atoms with Crippen LogP contribution in [-0.2, 0) is 6.42 Å². The van der Waals surface area contributed by atoms with Crippen LogP contribution in [0.2, 0.25) is 0 Å². The van der Waals surface area contributed by atoms with Crippen LogP contribution < -0.4 is 0 Å². The van der Waals surface area contributed by atoms with Crippen LogP contribution in [-0.4, -0.2) is 0 Å². The zero-order valence-electron chi connectivity index (χ0n) is 14.4. The van der Waals surface area contributed by atoms with Crippen molar-refractivity contribution in [3.63, 3.8) is 0 Å². The average Bonchev–Trinajstić information content (AvgIpc) is 2.63. The van der Waals surface area contributed by atoms with Gasteiger partial charge in [-0.05, 0) is 59.4 Å². The van der Waals surface area contributed by atoms with E-state index in [2.05, 4.69) is 0 Å². The lowest BCUT2D eigenvalue weighted by Crippen LogP contribution is -2.01. The lowest BCUT2D eigenvalue weighted by Gasteiger charge is -2.13. The van der Waals surface area contributed by atoms with E-state index in [-0.39, 0.29) is 17.3 Å². The maximum absolute atomic E-state index is 14.4. The van der Waals surface area contributed by atoms with Crippen molar-refractivity contribution in [1.29, 1.82) is 0 Å². The fourth-order valence-electron chi connectivity index (χ4n) is 2.92. The molecule has 0 nitrogen and oxygen atoms in total. The third kappa shape index (κ3) is 4.42.